The predicted octanol–water partition coefficient (Wildman–Crippen LogP) is 1.84. The molecule has 1 aromatic carbocycles. The van der Waals surface area contributed by atoms with Gasteiger partial charge in [0.15, 0.2) is 0 Å². The number of nitrogens with one attached hydrogen (secondary N) is 1. The maximum absolute atomic E-state index is 11.0. The Morgan fingerprint density at radius 1 is 1.43 bits per heavy atom. The standard InChI is InChI=1S/C12H13NO/c1-2-12(14)13-11-8-10(11)9-6-4-3-5-7-9/h2-7,10-11H,1,8H2,(H,13,14)/t10-,11+/m1/s1. The van der Waals surface area contributed by atoms with Gasteiger partial charge in [-0.1, -0.05) is 36.9 Å². The van der Waals surface area contributed by atoms with Gasteiger partial charge in [-0.2, -0.15) is 0 Å². The lowest BCUT2D eigenvalue weighted by atomic mass is 10.1. The second kappa shape index (κ2) is 3.66. The molecule has 14 heavy (non-hydrogen) atoms. The molecule has 0 heterocycles. The summed E-state index contributed by atoms with van der Waals surface area (Å²) in [6.45, 7) is 3.43. The molecule has 0 spiro atoms. The van der Waals surface area contributed by atoms with Gasteiger partial charge in [-0.05, 0) is 18.1 Å². The number of carbonyl (C=O) groups is 1. The van der Waals surface area contributed by atoms with Gasteiger partial charge in [0.1, 0.15) is 0 Å². The van der Waals surface area contributed by atoms with Gasteiger partial charge in [0.25, 0.3) is 0 Å². The van der Waals surface area contributed by atoms with Crippen molar-refractivity contribution in [2.75, 3.05) is 0 Å². The van der Waals surface area contributed by atoms with Crippen molar-refractivity contribution < 1.29 is 4.79 Å². The van der Waals surface area contributed by atoms with Crippen molar-refractivity contribution in [3.63, 3.8) is 0 Å². The van der Waals surface area contributed by atoms with Crippen molar-refractivity contribution in [2.24, 2.45) is 0 Å². The summed E-state index contributed by atoms with van der Waals surface area (Å²) in [4.78, 5) is 11.0. The largest absolute Gasteiger partial charge is 0.349 e. The summed E-state index contributed by atoms with van der Waals surface area (Å²) >= 11 is 0. The van der Waals surface area contributed by atoms with Crippen LogP contribution in [-0.4, -0.2) is 11.9 Å². The maximum Gasteiger partial charge on any atom is 0.243 e. The number of amides is 1. The summed E-state index contributed by atoms with van der Waals surface area (Å²) in [5.41, 5.74) is 1.31. The van der Waals surface area contributed by atoms with Crippen molar-refractivity contribution in [1.82, 2.24) is 5.32 Å². The molecule has 0 aromatic heterocycles. The molecule has 1 aromatic rings. The van der Waals surface area contributed by atoms with E-state index in [1.54, 1.807) is 0 Å². The van der Waals surface area contributed by atoms with Gasteiger partial charge in [-0.15, -0.1) is 0 Å². The molecule has 0 saturated heterocycles. The van der Waals surface area contributed by atoms with Crippen LogP contribution in [0.4, 0.5) is 0 Å². The topological polar surface area (TPSA) is 29.1 Å². The predicted molar refractivity (Wildman–Crippen MR) is 55.9 cm³/mol. The monoisotopic (exact) mass is 187 g/mol. The van der Waals surface area contributed by atoms with E-state index >= 15 is 0 Å². The molecule has 1 aliphatic carbocycles. The Kier molecular flexibility index (Phi) is 2.35. The van der Waals surface area contributed by atoms with E-state index in [9.17, 15) is 4.79 Å². The Bertz CT molecular complexity index is 345. The van der Waals surface area contributed by atoms with E-state index in [2.05, 4.69) is 24.0 Å². The summed E-state index contributed by atoms with van der Waals surface area (Å²) in [5, 5.41) is 2.90. The summed E-state index contributed by atoms with van der Waals surface area (Å²) in [7, 11) is 0. The lowest BCUT2D eigenvalue weighted by molar-refractivity contribution is -0.116. The number of hydrogen-bond acceptors (Lipinski definition) is 1. The molecule has 0 bridgehead atoms. The van der Waals surface area contributed by atoms with E-state index in [4.69, 9.17) is 0 Å². The van der Waals surface area contributed by atoms with Crippen LogP contribution in [0.5, 0.6) is 0 Å². The molecule has 72 valence electrons. The third-order valence-corrected chi connectivity index (χ3v) is 2.53. The molecule has 2 atom stereocenters. The van der Waals surface area contributed by atoms with Crippen LogP contribution in [0.2, 0.25) is 0 Å². The van der Waals surface area contributed by atoms with Gasteiger partial charge in [-0.25, -0.2) is 0 Å². The Balaban J connectivity index is 1.94. The molecule has 1 fully saturated rings. The van der Waals surface area contributed by atoms with Crippen LogP contribution in [0, 0.1) is 0 Å². The van der Waals surface area contributed by atoms with E-state index in [0.717, 1.165) is 6.42 Å². The van der Waals surface area contributed by atoms with E-state index in [1.807, 2.05) is 18.2 Å². The van der Waals surface area contributed by atoms with E-state index in [1.165, 1.54) is 11.6 Å². The minimum atomic E-state index is -0.0755. The fourth-order valence-electron chi connectivity index (χ4n) is 1.66. The zero-order valence-electron chi connectivity index (χ0n) is 7.94. The highest BCUT2D eigenvalue weighted by molar-refractivity contribution is 5.87. The summed E-state index contributed by atoms with van der Waals surface area (Å²) in [6, 6.07) is 10.6. The minimum absolute atomic E-state index is 0.0755. The van der Waals surface area contributed by atoms with Crippen LogP contribution in [0.3, 0.4) is 0 Å². The minimum Gasteiger partial charge on any atom is -0.349 e. The molecule has 0 unspecified atom stereocenters. The third-order valence-electron chi connectivity index (χ3n) is 2.53. The molecule has 0 radical (unpaired) electrons. The first-order valence-electron chi connectivity index (χ1n) is 4.79. The second-order valence-corrected chi connectivity index (χ2v) is 3.57. The van der Waals surface area contributed by atoms with Crippen molar-refractivity contribution in [2.45, 2.75) is 18.4 Å². The summed E-state index contributed by atoms with van der Waals surface area (Å²) in [6.07, 6.45) is 2.37. The fourth-order valence-corrected chi connectivity index (χ4v) is 1.66. The van der Waals surface area contributed by atoms with Crippen LogP contribution in [0.15, 0.2) is 43.0 Å². The Morgan fingerprint density at radius 2 is 2.14 bits per heavy atom. The van der Waals surface area contributed by atoms with Gasteiger partial charge in [0.05, 0.1) is 0 Å². The third kappa shape index (κ3) is 1.84. The molecule has 0 aliphatic heterocycles. The zero-order valence-corrected chi connectivity index (χ0v) is 7.94. The van der Waals surface area contributed by atoms with Crippen LogP contribution >= 0.6 is 0 Å². The molecule has 2 nitrogen and oxygen atoms in total. The molecule has 1 saturated carbocycles. The van der Waals surface area contributed by atoms with Gasteiger partial charge < -0.3 is 5.32 Å². The summed E-state index contributed by atoms with van der Waals surface area (Å²) < 4.78 is 0. The van der Waals surface area contributed by atoms with E-state index in [0.29, 0.717) is 12.0 Å². The first-order valence-corrected chi connectivity index (χ1v) is 4.79. The van der Waals surface area contributed by atoms with Gasteiger partial charge in [0, 0.05) is 12.0 Å². The quantitative estimate of drug-likeness (QED) is 0.719. The van der Waals surface area contributed by atoms with Gasteiger partial charge >= 0.3 is 0 Å². The van der Waals surface area contributed by atoms with Gasteiger partial charge in [-0.3, -0.25) is 4.79 Å². The normalized spacial score (nSPS) is 24.0. The molecule has 2 heteroatoms. The van der Waals surface area contributed by atoms with Crippen molar-refractivity contribution >= 4 is 5.91 Å². The highest BCUT2D eigenvalue weighted by Crippen LogP contribution is 2.40. The Labute approximate surface area is 83.6 Å². The van der Waals surface area contributed by atoms with E-state index in [-0.39, 0.29) is 5.91 Å². The highest BCUT2D eigenvalue weighted by atomic mass is 16.1. The van der Waals surface area contributed by atoms with Crippen LogP contribution < -0.4 is 5.32 Å². The van der Waals surface area contributed by atoms with Crippen molar-refractivity contribution in [3.05, 3.63) is 48.6 Å². The molecule has 1 aliphatic rings. The molecular weight excluding hydrogens is 174 g/mol. The van der Waals surface area contributed by atoms with Gasteiger partial charge in [0.2, 0.25) is 5.91 Å². The van der Waals surface area contributed by atoms with Crippen LogP contribution in [0.1, 0.15) is 17.9 Å². The average Bonchev–Trinajstić information content (AvgIpc) is 2.98. The fraction of sp³-hybridized carbons (Fsp3) is 0.250. The number of rotatable bonds is 3. The molecule has 2 rings (SSSR count). The average molecular weight is 187 g/mol. The first kappa shape index (κ1) is 9.00. The van der Waals surface area contributed by atoms with Crippen LogP contribution in [-0.2, 0) is 4.79 Å². The van der Waals surface area contributed by atoms with E-state index < -0.39 is 0 Å². The van der Waals surface area contributed by atoms with Crippen molar-refractivity contribution in [1.29, 1.82) is 0 Å². The van der Waals surface area contributed by atoms with Crippen LogP contribution in [0.25, 0.3) is 0 Å². The number of benzene rings is 1. The second-order valence-electron chi connectivity index (χ2n) is 3.57. The molecular formula is C12H13NO. The first-order chi connectivity index (χ1) is 6.81. The summed E-state index contributed by atoms with van der Waals surface area (Å²) in [5.74, 6) is 0.425. The lowest BCUT2D eigenvalue weighted by Crippen LogP contribution is -2.24. The maximum atomic E-state index is 11.0. The Morgan fingerprint density at radius 3 is 2.79 bits per heavy atom. The molecule has 1 amide bonds. The highest BCUT2D eigenvalue weighted by Gasteiger charge is 2.38. The lowest BCUT2D eigenvalue weighted by Gasteiger charge is -2.00. The number of carbonyl (C=O) groups excluding carboxylic acids is 1. The Hall–Kier alpha value is -1.57. The zero-order chi connectivity index (χ0) is 9.97. The molecule has 1 N–H and O–H groups in total. The number of hydrogen-bond donors (Lipinski definition) is 1. The SMILES string of the molecule is C=CC(=O)N[C@H]1C[C@@H]1c1ccccc1. The van der Waals surface area contributed by atoms with Crippen molar-refractivity contribution in [3.8, 4) is 0 Å². The smallest absolute Gasteiger partial charge is 0.243 e.